The SMILES string of the molecule is Cc1cc(C#N)ccc1COc1ccc(F)cc1CO. The smallest absolute Gasteiger partial charge is 0.125 e. The van der Waals surface area contributed by atoms with Crippen molar-refractivity contribution >= 4 is 0 Å². The van der Waals surface area contributed by atoms with E-state index in [1.807, 2.05) is 13.0 Å². The first-order valence-electron chi connectivity index (χ1n) is 6.15. The van der Waals surface area contributed by atoms with Gasteiger partial charge in [0.1, 0.15) is 18.2 Å². The summed E-state index contributed by atoms with van der Waals surface area (Å²) >= 11 is 0. The number of hydrogen-bond donors (Lipinski definition) is 1. The van der Waals surface area contributed by atoms with E-state index in [-0.39, 0.29) is 6.61 Å². The van der Waals surface area contributed by atoms with Gasteiger partial charge in [0.05, 0.1) is 18.2 Å². The maximum absolute atomic E-state index is 13.0. The van der Waals surface area contributed by atoms with Crippen LogP contribution in [0.2, 0.25) is 0 Å². The van der Waals surface area contributed by atoms with Crippen LogP contribution in [0.4, 0.5) is 4.39 Å². The molecule has 0 spiro atoms. The standard InChI is InChI=1S/C16H14FNO2/c1-11-6-12(8-18)2-3-13(11)10-20-16-5-4-15(17)7-14(16)9-19/h2-7,19H,9-10H2,1H3. The number of benzene rings is 2. The Bertz CT molecular complexity index is 662. The molecule has 102 valence electrons. The molecule has 0 saturated carbocycles. The molecule has 0 aliphatic carbocycles. The van der Waals surface area contributed by atoms with Crippen molar-refractivity contribution in [2.24, 2.45) is 0 Å². The Balaban J connectivity index is 2.15. The Morgan fingerprint density at radius 2 is 2.00 bits per heavy atom. The summed E-state index contributed by atoms with van der Waals surface area (Å²) in [5, 5.41) is 18.0. The fourth-order valence-electron chi connectivity index (χ4n) is 1.90. The number of nitriles is 1. The van der Waals surface area contributed by atoms with E-state index in [2.05, 4.69) is 6.07 Å². The monoisotopic (exact) mass is 271 g/mol. The zero-order chi connectivity index (χ0) is 14.5. The van der Waals surface area contributed by atoms with Gasteiger partial charge >= 0.3 is 0 Å². The van der Waals surface area contributed by atoms with E-state index in [1.54, 1.807) is 12.1 Å². The quantitative estimate of drug-likeness (QED) is 0.929. The van der Waals surface area contributed by atoms with Crippen molar-refractivity contribution in [3.05, 3.63) is 64.5 Å². The molecule has 0 radical (unpaired) electrons. The lowest BCUT2D eigenvalue weighted by molar-refractivity contribution is 0.258. The highest BCUT2D eigenvalue weighted by atomic mass is 19.1. The second kappa shape index (κ2) is 6.18. The third-order valence-corrected chi connectivity index (χ3v) is 3.05. The van der Waals surface area contributed by atoms with Gasteiger partial charge in [-0.3, -0.25) is 0 Å². The fraction of sp³-hybridized carbons (Fsp3) is 0.188. The van der Waals surface area contributed by atoms with E-state index in [1.165, 1.54) is 18.2 Å². The zero-order valence-corrected chi connectivity index (χ0v) is 11.1. The average Bonchev–Trinajstić information content (AvgIpc) is 2.46. The third-order valence-electron chi connectivity index (χ3n) is 3.05. The normalized spacial score (nSPS) is 10.1. The number of nitrogens with zero attached hydrogens (tertiary/aromatic N) is 1. The van der Waals surface area contributed by atoms with Crippen molar-refractivity contribution in [1.29, 1.82) is 5.26 Å². The number of hydrogen-bond acceptors (Lipinski definition) is 3. The van der Waals surface area contributed by atoms with Crippen LogP contribution < -0.4 is 4.74 Å². The molecule has 20 heavy (non-hydrogen) atoms. The molecule has 2 aromatic rings. The van der Waals surface area contributed by atoms with Gasteiger partial charge < -0.3 is 9.84 Å². The van der Waals surface area contributed by atoms with Crippen molar-refractivity contribution < 1.29 is 14.2 Å². The maximum atomic E-state index is 13.0. The topological polar surface area (TPSA) is 53.2 Å². The van der Waals surface area contributed by atoms with Crippen LogP contribution in [-0.4, -0.2) is 5.11 Å². The van der Waals surface area contributed by atoms with E-state index in [0.29, 0.717) is 23.5 Å². The molecule has 0 fully saturated rings. The predicted octanol–water partition coefficient (Wildman–Crippen LogP) is 3.08. The number of aliphatic hydroxyl groups excluding tert-OH is 1. The molecule has 0 atom stereocenters. The minimum absolute atomic E-state index is 0.278. The molecule has 4 heteroatoms. The number of rotatable bonds is 4. The first kappa shape index (κ1) is 14.0. The predicted molar refractivity (Wildman–Crippen MR) is 72.5 cm³/mol. The van der Waals surface area contributed by atoms with Crippen molar-refractivity contribution in [2.75, 3.05) is 0 Å². The van der Waals surface area contributed by atoms with Gasteiger partial charge in [0.2, 0.25) is 0 Å². The van der Waals surface area contributed by atoms with Crippen molar-refractivity contribution in [3.8, 4) is 11.8 Å². The minimum atomic E-state index is -0.407. The Morgan fingerprint density at radius 1 is 1.20 bits per heavy atom. The molecule has 0 heterocycles. The molecule has 0 aromatic heterocycles. The molecule has 1 N–H and O–H groups in total. The summed E-state index contributed by atoms with van der Waals surface area (Å²) in [6, 6.07) is 11.5. The lowest BCUT2D eigenvalue weighted by Crippen LogP contribution is -2.01. The van der Waals surface area contributed by atoms with Gasteiger partial charge in [0, 0.05) is 5.56 Å². The van der Waals surface area contributed by atoms with Gasteiger partial charge in [-0.05, 0) is 48.4 Å². The summed E-state index contributed by atoms with van der Waals surface area (Å²) < 4.78 is 18.7. The number of halogens is 1. The zero-order valence-electron chi connectivity index (χ0n) is 11.1. The van der Waals surface area contributed by atoms with E-state index < -0.39 is 5.82 Å². The third kappa shape index (κ3) is 3.14. The minimum Gasteiger partial charge on any atom is -0.489 e. The van der Waals surface area contributed by atoms with E-state index in [0.717, 1.165) is 11.1 Å². The van der Waals surface area contributed by atoms with Crippen LogP contribution in [0.3, 0.4) is 0 Å². The van der Waals surface area contributed by atoms with Crippen LogP contribution in [0.15, 0.2) is 36.4 Å². The van der Waals surface area contributed by atoms with Gasteiger partial charge in [-0.2, -0.15) is 5.26 Å². The lowest BCUT2D eigenvalue weighted by Gasteiger charge is -2.12. The molecule has 3 nitrogen and oxygen atoms in total. The average molecular weight is 271 g/mol. The highest BCUT2D eigenvalue weighted by molar-refractivity contribution is 5.38. The molecular formula is C16H14FNO2. The van der Waals surface area contributed by atoms with Crippen molar-refractivity contribution in [2.45, 2.75) is 20.1 Å². The number of ether oxygens (including phenoxy) is 1. The summed E-state index contributed by atoms with van der Waals surface area (Å²) in [4.78, 5) is 0. The van der Waals surface area contributed by atoms with Gasteiger partial charge in [0.25, 0.3) is 0 Å². The second-order valence-electron chi connectivity index (χ2n) is 4.45. The Labute approximate surface area is 116 Å². The van der Waals surface area contributed by atoms with Crippen LogP contribution in [-0.2, 0) is 13.2 Å². The number of aryl methyl sites for hydroxylation is 1. The Morgan fingerprint density at radius 3 is 2.65 bits per heavy atom. The van der Waals surface area contributed by atoms with Gasteiger partial charge in [-0.15, -0.1) is 0 Å². The highest BCUT2D eigenvalue weighted by Crippen LogP contribution is 2.22. The van der Waals surface area contributed by atoms with Gasteiger partial charge in [-0.1, -0.05) is 6.07 Å². The van der Waals surface area contributed by atoms with Crippen molar-refractivity contribution in [3.63, 3.8) is 0 Å². The van der Waals surface area contributed by atoms with Crippen LogP contribution in [0.5, 0.6) is 5.75 Å². The lowest BCUT2D eigenvalue weighted by atomic mass is 10.1. The first-order valence-corrected chi connectivity index (χ1v) is 6.15. The van der Waals surface area contributed by atoms with Gasteiger partial charge in [0.15, 0.2) is 0 Å². The van der Waals surface area contributed by atoms with Gasteiger partial charge in [-0.25, -0.2) is 4.39 Å². The second-order valence-corrected chi connectivity index (χ2v) is 4.45. The highest BCUT2D eigenvalue weighted by Gasteiger charge is 2.06. The first-order chi connectivity index (χ1) is 9.63. The summed E-state index contributed by atoms with van der Waals surface area (Å²) in [5.41, 5.74) is 2.91. The molecular weight excluding hydrogens is 257 g/mol. The molecule has 0 saturated heterocycles. The molecule has 2 rings (SSSR count). The molecule has 0 aliphatic rings. The molecule has 0 amide bonds. The van der Waals surface area contributed by atoms with E-state index in [9.17, 15) is 9.50 Å². The summed E-state index contributed by atoms with van der Waals surface area (Å²) in [7, 11) is 0. The van der Waals surface area contributed by atoms with Crippen LogP contribution in [0.1, 0.15) is 22.3 Å². The molecule has 0 bridgehead atoms. The maximum Gasteiger partial charge on any atom is 0.125 e. The Hall–Kier alpha value is -2.38. The number of aliphatic hydroxyl groups is 1. The summed E-state index contributed by atoms with van der Waals surface area (Å²) in [6.07, 6.45) is 0. The fourth-order valence-corrected chi connectivity index (χ4v) is 1.90. The van der Waals surface area contributed by atoms with Crippen LogP contribution in [0.25, 0.3) is 0 Å². The van der Waals surface area contributed by atoms with Crippen LogP contribution >= 0.6 is 0 Å². The van der Waals surface area contributed by atoms with E-state index >= 15 is 0 Å². The summed E-state index contributed by atoms with van der Waals surface area (Å²) in [6.45, 7) is 1.92. The molecule has 2 aromatic carbocycles. The largest absolute Gasteiger partial charge is 0.489 e. The summed E-state index contributed by atoms with van der Waals surface area (Å²) in [5.74, 6) is 0.0496. The van der Waals surface area contributed by atoms with E-state index in [4.69, 9.17) is 10.00 Å². The van der Waals surface area contributed by atoms with Crippen molar-refractivity contribution in [1.82, 2.24) is 0 Å². The molecule has 0 aliphatic heterocycles. The van der Waals surface area contributed by atoms with Crippen LogP contribution in [0, 0.1) is 24.1 Å². The Kier molecular flexibility index (Phi) is 4.34. The molecule has 0 unspecified atom stereocenters.